The summed E-state index contributed by atoms with van der Waals surface area (Å²) in [5.74, 6) is 1.20. The number of hydrogen-bond donors (Lipinski definition) is 2. The quantitative estimate of drug-likeness (QED) is 0.810. The van der Waals surface area contributed by atoms with Crippen molar-refractivity contribution in [1.29, 1.82) is 0 Å². The van der Waals surface area contributed by atoms with Gasteiger partial charge >= 0.3 is 0 Å². The molecule has 0 aliphatic carbocycles. The van der Waals surface area contributed by atoms with Gasteiger partial charge in [-0.05, 0) is 32.2 Å². The minimum Gasteiger partial charge on any atom is -0.454 e. The molecule has 2 N–H and O–H groups in total. The highest BCUT2D eigenvalue weighted by molar-refractivity contribution is 5.94. The van der Waals surface area contributed by atoms with E-state index in [9.17, 15) is 4.79 Å². The minimum atomic E-state index is -0.106. The van der Waals surface area contributed by atoms with Crippen molar-refractivity contribution in [2.45, 2.75) is 13.0 Å². The van der Waals surface area contributed by atoms with E-state index < -0.39 is 0 Å². The minimum absolute atomic E-state index is 0.106. The number of rotatable bonds is 4. The molecule has 2 rings (SSSR count). The summed E-state index contributed by atoms with van der Waals surface area (Å²) in [5, 5.41) is 5.90. The molecule has 1 aromatic rings. The van der Waals surface area contributed by atoms with E-state index in [-0.39, 0.29) is 18.7 Å². The van der Waals surface area contributed by atoms with Crippen molar-refractivity contribution < 1.29 is 14.3 Å². The van der Waals surface area contributed by atoms with Gasteiger partial charge in [-0.15, -0.1) is 0 Å². The van der Waals surface area contributed by atoms with Crippen molar-refractivity contribution in [1.82, 2.24) is 10.6 Å². The molecule has 1 heterocycles. The van der Waals surface area contributed by atoms with Gasteiger partial charge in [0.2, 0.25) is 6.79 Å². The van der Waals surface area contributed by atoms with Crippen LogP contribution in [-0.4, -0.2) is 32.3 Å². The highest BCUT2D eigenvalue weighted by Gasteiger charge is 2.16. The first-order valence-electron chi connectivity index (χ1n) is 5.56. The van der Waals surface area contributed by atoms with Crippen LogP contribution in [0.4, 0.5) is 0 Å². The van der Waals surface area contributed by atoms with Crippen LogP contribution in [0.15, 0.2) is 18.2 Å². The predicted molar refractivity (Wildman–Crippen MR) is 63.4 cm³/mol. The van der Waals surface area contributed by atoms with E-state index in [1.165, 1.54) is 0 Å². The maximum Gasteiger partial charge on any atom is 0.251 e. The molecular formula is C12H16N2O3. The number of carbonyl (C=O) groups excluding carboxylic acids is 1. The van der Waals surface area contributed by atoms with Gasteiger partial charge < -0.3 is 20.1 Å². The molecule has 1 amide bonds. The average Bonchev–Trinajstić information content (AvgIpc) is 2.82. The number of fused-ring (bicyclic) bond motifs is 1. The lowest BCUT2D eigenvalue weighted by molar-refractivity contribution is 0.0950. The van der Waals surface area contributed by atoms with Crippen LogP contribution in [0, 0.1) is 0 Å². The van der Waals surface area contributed by atoms with Crippen molar-refractivity contribution in [2.75, 3.05) is 20.4 Å². The zero-order valence-electron chi connectivity index (χ0n) is 9.95. The maximum atomic E-state index is 11.8. The lowest BCUT2D eigenvalue weighted by atomic mass is 10.2. The van der Waals surface area contributed by atoms with E-state index >= 15 is 0 Å². The van der Waals surface area contributed by atoms with Gasteiger partial charge in [0.05, 0.1) is 0 Å². The van der Waals surface area contributed by atoms with Gasteiger partial charge in [0.15, 0.2) is 11.5 Å². The SMILES string of the molecule is CNC(C)CNC(=O)c1ccc2c(c1)OCO2. The summed E-state index contributed by atoms with van der Waals surface area (Å²) in [6, 6.07) is 5.42. The van der Waals surface area contributed by atoms with E-state index in [1.807, 2.05) is 14.0 Å². The molecule has 1 atom stereocenters. The predicted octanol–water partition coefficient (Wildman–Crippen LogP) is 0.753. The van der Waals surface area contributed by atoms with Crippen LogP contribution in [0.3, 0.4) is 0 Å². The second kappa shape index (κ2) is 5.05. The third kappa shape index (κ3) is 2.68. The second-order valence-corrected chi connectivity index (χ2v) is 3.97. The maximum absolute atomic E-state index is 11.8. The van der Waals surface area contributed by atoms with Crippen molar-refractivity contribution in [3.05, 3.63) is 23.8 Å². The molecule has 1 aliphatic heterocycles. The van der Waals surface area contributed by atoms with Crippen LogP contribution in [0.25, 0.3) is 0 Å². The van der Waals surface area contributed by atoms with Gasteiger partial charge in [-0.2, -0.15) is 0 Å². The monoisotopic (exact) mass is 236 g/mol. The van der Waals surface area contributed by atoms with Crippen LogP contribution in [0.2, 0.25) is 0 Å². The number of nitrogens with one attached hydrogen (secondary N) is 2. The molecule has 1 aliphatic rings. The highest BCUT2D eigenvalue weighted by atomic mass is 16.7. The molecule has 1 aromatic carbocycles. The lowest BCUT2D eigenvalue weighted by Gasteiger charge is -2.11. The third-order valence-electron chi connectivity index (χ3n) is 2.70. The zero-order chi connectivity index (χ0) is 12.3. The normalized spacial score (nSPS) is 14.5. The number of carbonyl (C=O) groups is 1. The Hall–Kier alpha value is -1.75. The largest absolute Gasteiger partial charge is 0.454 e. The van der Waals surface area contributed by atoms with Gasteiger partial charge in [-0.3, -0.25) is 4.79 Å². The Balaban J connectivity index is 2.00. The van der Waals surface area contributed by atoms with E-state index in [2.05, 4.69) is 10.6 Å². The third-order valence-corrected chi connectivity index (χ3v) is 2.70. The van der Waals surface area contributed by atoms with Gasteiger partial charge in [0.1, 0.15) is 0 Å². The number of amides is 1. The summed E-state index contributed by atoms with van der Waals surface area (Å²) >= 11 is 0. The van der Waals surface area contributed by atoms with Gasteiger partial charge in [0.25, 0.3) is 5.91 Å². The molecule has 0 bridgehead atoms. The smallest absolute Gasteiger partial charge is 0.251 e. The molecule has 0 radical (unpaired) electrons. The van der Waals surface area contributed by atoms with Crippen molar-refractivity contribution in [3.63, 3.8) is 0 Å². The fourth-order valence-electron chi connectivity index (χ4n) is 1.49. The molecule has 0 spiro atoms. The van der Waals surface area contributed by atoms with Crippen LogP contribution in [0.1, 0.15) is 17.3 Å². The molecule has 0 fully saturated rings. The molecule has 0 aromatic heterocycles. The Kier molecular flexibility index (Phi) is 3.49. The number of likely N-dealkylation sites (N-methyl/N-ethyl adjacent to an activating group) is 1. The molecule has 17 heavy (non-hydrogen) atoms. The number of hydrogen-bond acceptors (Lipinski definition) is 4. The Morgan fingerprint density at radius 1 is 1.41 bits per heavy atom. The molecule has 92 valence electrons. The highest BCUT2D eigenvalue weighted by Crippen LogP contribution is 2.32. The summed E-state index contributed by atoms with van der Waals surface area (Å²) in [4.78, 5) is 11.8. The van der Waals surface area contributed by atoms with Gasteiger partial charge in [-0.25, -0.2) is 0 Å². The number of benzene rings is 1. The van der Waals surface area contributed by atoms with Crippen molar-refractivity contribution in [3.8, 4) is 11.5 Å². The van der Waals surface area contributed by atoms with E-state index in [0.717, 1.165) is 0 Å². The Bertz CT molecular complexity index is 420. The van der Waals surface area contributed by atoms with Crippen LogP contribution >= 0.6 is 0 Å². The topological polar surface area (TPSA) is 59.6 Å². The Morgan fingerprint density at radius 2 is 2.18 bits per heavy atom. The van der Waals surface area contributed by atoms with Crippen molar-refractivity contribution in [2.24, 2.45) is 0 Å². The van der Waals surface area contributed by atoms with Gasteiger partial charge in [0, 0.05) is 18.2 Å². The van der Waals surface area contributed by atoms with Crippen molar-refractivity contribution >= 4 is 5.91 Å². The fraction of sp³-hybridized carbons (Fsp3) is 0.417. The standard InChI is InChI=1S/C12H16N2O3/c1-8(13-2)6-14-12(15)9-3-4-10-11(5-9)17-7-16-10/h3-5,8,13H,6-7H2,1-2H3,(H,14,15). The summed E-state index contributed by atoms with van der Waals surface area (Å²) in [5.41, 5.74) is 0.581. The second-order valence-electron chi connectivity index (χ2n) is 3.97. The summed E-state index contributed by atoms with van der Waals surface area (Å²) < 4.78 is 10.4. The van der Waals surface area contributed by atoms with Gasteiger partial charge in [-0.1, -0.05) is 0 Å². The summed E-state index contributed by atoms with van der Waals surface area (Å²) in [6.07, 6.45) is 0. The van der Waals surface area contributed by atoms with E-state index in [0.29, 0.717) is 23.6 Å². The first-order chi connectivity index (χ1) is 8.20. The molecule has 0 saturated carbocycles. The van der Waals surface area contributed by atoms with Crippen LogP contribution in [-0.2, 0) is 0 Å². The molecule has 1 unspecified atom stereocenters. The summed E-state index contributed by atoms with van der Waals surface area (Å²) in [7, 11) is 1.86. The Morgan fingerprint density at radius 3 is 2.94 bits per heavy atom. The van der Waals surface area contributed by atoms with Crippen LogP contribution in [0.5, 0.6) is 11.5 Å². The first kappa shape index (κ1) is 11.7. The first-order valence-corrected chi connectivity index (χ1v) is 5.56. The van der Waals surface area contributed by atoms with Crippen LogP contribution < -0.4 is 20.1 Å². The average molecular weight is 236 g/mol. The van der Waals surface area contributed by atoms with E-state index in [1.54, 1.807) is 18.2 Å². The number of ether oxygens (including phenoxy) is 2. The zero-order valence-corrected chi connectivity index (χ0v) is 9.95. The van der Waals surface area contributed by atoms with E-state index in [4.69, 9.17) is 9.47 Å². The lowest BCUT2D eigenvalue weighted by Crippen LogP contribution is -2.37. The fourth-order valence-corrected chi connectivity index (χ4v) is 1.49. The molecule has 5 nitrogen and oxygen atoms in total. The molecule has 0 saturated heterocycles. The molecule has 5 heteroatoms. The Labute approximate surface area is 100 Å². The summed E-state index contributed by atoms with van der Waals surface area (Å²) in [6.45, 7) is 2.81. The molecular weight excluding hydrogens is 220 g/mol.